The molecule has 2 fully saturated rings. The molecule has 9 atom stereocenters. The van der Waals surface area contributed by atoms with E-state index in [0.29, 0.717) is 50.2 Å². The van der Waals surface area contributed by atoms with Gasteiger partial charge in [-0.2, -0.15) is 0 Å². The van der Waals surface area contributed by atoms with Crippen molar-refractivity contribution in [2.75, 3.05) is 58.9 Å². The number of aromatic amines is 1. The van der Waals surface area contributed by atoms with E-state index < -0.39 is 56.8 Å². The number of H-pyrrole nitrogens is 1. The summed E-state index contributed by atoms with van der Waals surface area (Å²) in [6.45, 7) is 8.84. The molecule has 6 heterocycles. The van der Waals surface area contributed by atoms with Crippen molar-refractivity contribution in [1.29, 1.82) is 0 Å². The van der Waals surface area contributed by atoms with Gasteiger partial charge in [0.1, 0.15) is 22.9 Å². The number of aliphatic hydroxyl groups is 1. The molecule has 1 amide bonds. The highest BCUT2D eigenvalue weighted by Gasteiger charge is 2.78. The molecule has 1 unspecified atom stereocenters. The lowest BCUT2D eigenvalue weighted by molar-refractivity contribution is -0.384. The Balaban J connectivity index is 1.21. The number of aromatic nitrogens is 1. The second-order valence-electron chi connectivity index (χ2n) is 19.3. The molecule has 5 aliphatic heterocycles. The number of benzene rings is 3. The molecule has 2 bridgehead atoms. The van der Waals surface area contributed by atoms with Crippen molar-refractivity contribution in [3.63, 3.8) is 0 Å². The number of hydrogen-bond acceptors (Lipinski definition) is 12. The quantitative estimate of drug-likeness (QED) is 0.0742. The van der Waals surface area contributed by atoms with Gasteiger partial charge in [-0.15, -0.1) is 0 Å². The number of likely N-dealkylation sites (N-methyl/N-ethyl adjacent to an activating group) is 1. The average Bonchev–Trinajstić information content (AvgIpc) is 3.97. The Kier molecular flexibility index (Phi) is 10.5. The second kappa shape index (κ2) is 15.8. The van der Waals surface area contributed by atoms with Crippen LogP contribution in [0.15, 0.2) is 84.5 Å². The van der Waals surface area contributed by atoms with E-state index in [9.17, 15) is 24.8 Å². The average molecular weight is 899 g/mol. The highest BCUT2D eigenvalue weighted by atomic mass is 16.6. The van der Waals surface area contributed by atoms with E-state index in [-0.39, 0.29) is 29.8 Å². The maximum absolute atomic E-state index is 15.3. The van der Waals surface area contributed by atoms with E-state index in [1.165, 1.54) is 43.9 Å². The lowest BCUT2D eigenvalue weighted by atomic mass is 9.47. The first kappa shape index (κ1) is 43.8. The highest BCUT2D eigenvalue weighted by molar-refractivity contribution is 5.95. The molecule has 4 aromatic rings. The predicted octanol–water partition coefficient (Wildman–Crippen LogP) is 5.92. The summed E-state index contributed by atoms with van der Waals surface area (Å²) in [6, 6.07) is 16.6. The topological polar surface area (TPSA) is 180 Å². The Morgan fingerprint density at radius 3 is 2.50 bits per heavy atom. The van der Waals surface area contributed by atoms with Gasteiger partial charge in [-0.3, -0.25) is 34.3 Å². The van der Waals surface area contributed by atoms with Gasteiger partial charge in [-0.1, -0.05) is 55.8 Å². The third-order valence-corrected chi connectivity index (χ3v) is 16.2. The van der Waals surface area contributed by atoms with Gasteiger partial charge in [-0.05, 0) is 73.5 Å². The largest absolute Gasteiger partial charge is 0.496 e. The number of nitrogens with one attached hydrogen (secondary N) is 2. The Morgan fingerprint density at radius 2 is 1.80 bits per heavy atom. The van der Waals surface area contributed by atoms with Crippen LogP contribution in [0.1, 0.15) is 79.2 Å². The first-order valence-electron chi connectivity index (χ1n) is 23.1. The third-order valence-electron chi connectivity index (χ3n) is 16.2. The molecule has 3 N–H and O–H groups in total. The van der Waals surface area contributed by atoms with Crippen LogP contribution < -0.4 is 15.0 Å². The molecule has 3 aromatic carbocycles. The van der Waals surface area contributed by atoms with Gasteiger partial charge in [0.05, 0.1) is 31.7 Å². The predicted molar refractivity (Wildman–Crippen MR) is 247 cm³/mol. The van der Waals surface area contributed by atoms with E-state index in [2.05, 4.69) is 75.3 Å². The van der Waals surface area contributed by atoms with Crippen molar-refractivity contribution < 1.29 is 38.6 Å². The number of carbonyl (C=O) groups is 3. The number of anilines is 1. The summed E-state index contributed by atoms with van der Waals surface area (Å²) in [5, 5.41) is 29.4. The van der Waals surface area contributed by atoms with Crippen LogP contribution in [-0.4, -0.2) is 120 Å². The van der Waals surface area contributed by atoms with Gasteiger partial charge in [0, 0.05) is 109 Å². The number of para-hydroxylation sites is 1. The van der Waals surface area contributed by atoms with Crippen LogP contribution in [0.4, 0.5) is 11.4 Å². The summed E-state index contributed by atoms with van der Waals surface area (Å²) in [7, 11) is 5.00. The Morgan fingerprint density at radius 1 is 1.03 bits per heavy atom. The maximum atomic E-state index is 15.3. The van der Waals surface area contributed by atoms with Crippen molar-refractivity contribution in [2.24, 2.45) is 11.3 Å². The minimum atomic E-state index is -1.91. The minimum absolute atomic E-state index is 0.000672. The Hall–Kier alpha value is -6.03. The summed E-state index contributed by atoms with van der Waals surface area (Å²) < 4.78 is 18.8. The lowest BCUT2D eigenvalue weighted by Crippen LogP contribution is -2.81. The fraction of sp³-hybridized carbons (Fsp3) is 0.471. The van der Waals surface area contributed by atoms with Crippen molar-refractivity contribution >= 4 is 40.1 Å². The molecule has 15 heteroatoms. The van der Waals surface area contributed by atoms with Crippen molar-refractivity contribution in [3.05, 3.63) is 123 Å². The summed E-state index contributed by atoms with van der Waals surface area (Å²) in [4.78, 5) is 64.3. The zero-order chi connectivity index (χ0) is 46.5. The SMILES string of the molecule is CCC1=C[C@@H]2CN(C1)Cc1c([nH]c3ccccc13)[C@@](C(=O)OC)(c1cc3c(cc1OC)N(C)[C@H]1[C@@](O)(CNC(=O)c4ccc([N+](=O)[O-])cc4)[C@H](OC(C)=O)[C@]4(CC)C=CCN5CC[C@]31[C@@H]54)C2. The smallest absolute Gasteiger partial charge is 0.322 e. The first-order chi connectivity index (χ1) is 31.7. The Bertz CT molecular complexity index is 2730. The number of methoxy groups -OCH3 is 2. The number of amides is 1. The number of ether oxygens (including phenoxy) is 3. The molecule has 15 nitrogen and oxygen atoms in total. The van der Waals surface area contributed by atoms with Crippen LogP contribution in [0.2, 0.25) is 0 Å². The van der Waals surface area contributed by atoms with Gasteiger partial charge in [-0.25, -0.2) is 0 Å². The number of hydrogen-bond donors (Lipinski definition) is 3. The molecule has 6 aliphatic rings. The highest BCUT2D eigenvalue weighted by Crippen LogP contribution is 2.68. The number of rotatable bonds is 10. The Labute approximate surface area is 383 Å². The number of nitrogens with zero attached hydrogens (tertiary/aromatic N) is 4. The van der Waals surface area contributed by atoms with Crippen LogP contribution in [0.3, 0.4) is 0 Å². The van der Waals surface area contributed by atoms with E-state index >= 15 is 4.79 Å². The molecule has 1 aromatic heterocycles. The number of nitro benzene ring substituents is 1. The minimum Gasteiger partial charge on any atom is -0.496 e. The number of nitro groups is 1. The molecule has 346 valence electrons. The van der Waals surface area contributed by atoms with Gasteiger partial charge in [0.25, 0.3) is 11.6 Å². The zero-order valence-corrected chi connectivity index (χ0v) is 38.4. The van der Waals surface area contributed by atoms with Crippen LogP contribution in [-0.2, 0) is 36.4 Å². The standard InChI is InChI=1S/C51H58N6O9/c1-7-31-22-32-25-50(47(60)65-6,42-36(28-55(26-31)27-32)35-12-9-10-13-39(35)53-42)38-23-37-40(24-41(38)64-5)54(4)45-49(37)19-21-56-20-11-18-48(8-2,44(49)56)46(66-30(3)58)51(45,61)29-52-43(59)33-14-16-34(17-15-33)57(62)63/h9-18,22-24,32,44-46,53,61H,7-8,19-21,25-29H2,1-6H3,(H,52,59)/t32-,44-,45+,46+,48+,49+,50-,51-/m0/s1. The molecule has 1 spiro atoms. The fourth-order valence-electron chi connectivity index (χ4n) is 13.9. The molecular formula is C51H58N6O9. The molecule has 1 saturated heterocycles. The molecule has 66 heavy (non-hydrogen) atoms. The van der Waals surface area contributed by atoms with Crippen molar-refractivity contribution in [3.8, 4) is 5.75 Å². The van der Waals surface area contributed by atoms with E-state index in [1.807, 2.05) is 25.2 Å². The monoisotopic (exact) mass is 898 g/mol. The fourth-order valence-corrected chi connectivity index (χ4v) is 13.9. The van der Waals surface area contributed by atoms with Crippen LogP contribution in [0.25, 0.3) is 10.9 Å². The first-order valence-corrected chi connectivity index (χ1v) is 23.1. The van der Waals surface area contributed by atoms with E-state index in [4.69, 9.17) is 14.2 Å². The molecule has 10 rings (SSSR count). The maximum Gasteiger partial charge on any atom is 0.322 e. The summed E-state index contributed by atoms with van der Waals surface area (Å²) in [5.41, 5.74) is 1.45. The molecule has 0 radical (unpaired) electrons. The van der Waals surface area contributed by atoms with Gasteiger partial charge in [0.2, 0.25) is 0 Å². The van der Waals surface area contributed by atoms with Crippen LogP contribution in [0.5, 0.6) is 5.75 Å². The van der Waals surface area contributed by atoms with Crippen LogP contribution in [0, 0.1) is 21.4 Å². The van der Waals surface area contributed by atoms with E-state index in [1.54, 1.807) is 7.11 Å². The zero-order valence-electron chi connectivity index (χ0n) is 38.4. The van der Waals surface area contributed by atoms with Gasteiger partial charge in [0.15, 0.2) is 0 Å². The summed E-state index contributed by atoms with van der Waals surface area (Å²) in [6.07, 6.45) is 7.86. The van der Waals surface area contributed by atoms with E-state index in [0.717, 1.165) is 52.9 Å². The third kappa shape index (κ3) is 6.08. The number of esters is 2. The summed E-state index contributed by atoms with van der Waals surface area (Å²) >= 11 is 0. The van der Waals surface area contributed by atoms with Crippen molar-refractivity contribution in [2.45, 2.75) is 87.6 Å². The van der Waals surface area contributed by atoms with Gasteiger partial charge < -0.3 is 34.5 Å². The number of non-ortho nitro benzene ring substituents is 1. The lowest BCUT2D eigenvalue weighted by Gasteiger charge is -2.64. The molecule has 1 aliphatic carbocycles. The molecule has 1 saturated carbocycles. The second-order valence-corrected chi connectivity index (χ2v) is 19.3. The molecular weight excluding hydrogens is 841 g/mol. The van der Waals surface area contributed by atoms with Crippen molar-refractivity contribution in [1.82, 2.24) is 20.1 Å². The number of carbonyl (C=O) groups excluding carboxylic acids is 3. The normalized spacial score (nSPS) is 31.7. The number of fused-ring (bicyclic) bond motifs is 6. The van der Waals surface area contributed by atoms with Crippen LogP contribution >= 0.6 is 0 Å². The van der Waals surface area contributed by atoms with Gasteiger partial charge >= 0.3 is 11.9 Å². The summed E-state index contributed by atoms with van der Waals surface area (Å²) in [5.74, 6) is -1.02.